The van der Waals surface area contributed by atoms with Gasteiger partial charge in [-0.05, 0) is 55.5 Å². The van der Waals surface area contributed by atoms with Gasteiger partial charge in [0.25, 0.3) is 5.56 Å². The summed E-state index contributed by atoms with van der Waals surface area (Å²) in [6.07, 6.45) is 3.05. The van der Waals surface area contributed by atoms with Gasteiger partial charge in [-0.3, -0.25) is 9.59 Å². The predicted molar refractivity (Wildman–Crippen MR) is 111 cm³/mol. The van der Waals surface area contributed by atoms with Crippen molar-refractivity contribution in [1.29, 1.82) is 0 Å². The maximum atomic E-state index is 12.6. The van der Waals surface area contributed by atoms with Crippen molar-refractivity contribution in [2.45, 2.75) is 54.2 Å². The van der Waals surface area contributed by atoms with Gasteiger partial charge in [0, 0.05) is 24.1 Å². The second-order valence-corrected chi connectivity index (χ2v) is 10.6. The van der Waals surface area contributed by atoms with Crippen molar-refractivity contribution in [2.75, 3.05) is 0 Å². The van der Waals surface area contributed by atoms with Crippen LogP contribution in [-0.4, -0.2) is 30.6 Å². The third-order valence-corrected chi connectivity index (χ3v) is 8.53. The molecule has 29 heavy (non-hydrogen) atoms. The molecule has 1 amide bonds. The van der Waals surface area contributed by atoms with E-state index in [0.717, 1.165) is 5.56 Å². The number of rotatable bonds is 6. The van der Waals surface area contributed by atoms with E-state index in [9.17, 15) is 18.0 Å². The van der Waals surface area contributed by atoms with Crippen molar-refractivity contribution in [3.05, 3.63) is 62.0 Å². The van der Waals surface area contributed by atoms with E-state index in [0.29, 0.717) is 37.8 Å². The van der Waals surface area contributed by atoms with Crippen LogP contribution in [0.3, 0.4) is 0 Å². The topological polar surface area (TPSA) is 96.1 Å². The van der Waals surface area contributed by atoms with Gasteiger partial charge in [-0.2, -0.15) is 0 Å². The van der Waals surface area contributed by atoms with E-state index in [4.69, 9.17) is 23.2 Å². The average molecular weight is 455 g/mol. The average Bonchev–Trinajstić information content (AvgIpc) is 3.45. The standard InChI is InChI=1S/C20H20Cl2N2O4S/c21-15-5-6-17(24-20(15)26)14(10-12-2-8-19(25)23-12)11-1-7-18(16(22)9-11)29(27,28)13-3-4-13/h1,5-7,9,12-14H,2-4,8,10H2,(H,23,25)(H,24,26)/t12-,14?/m1/s1. The summed E-state index contributed by atoms with van der Waals surface area (Å²) in [6, 6.07) is 8.14. The van der Waals surface area contributed by atoms with Crippen LogP contribution in [0.4, 0.5) is 0 Å². The number of benzene rings is 1. The monoisotopic (exact) mass is 454 g/mol. The van der Waals surface area contributed by atoms with Crippen LogP contribution in [0.5, 0.6) is 0 Å². The lowest BCUT2D eigenvalue weighted by Crippen LogP contribution is -2.28. The number of hydrogen-bond acceptors (Lipinski definition) is 4. The van der Waals surface area contributed by atoms with Gasteiger partial charge in [-0.15, -0.1) is 0 Å². The number of carbonyl (C=O) groups is 1. The Balaban J connectivity index is 1.72. The van der Waals surface area contributed by atoms with E-state index in [1.165, 1.54) is 6.07 Å². The molecule has 1 saturated carbocycles. The SMILES string of the molecule is O=C1CC[C@H](CC(c2ccc(S(=O)(=O)C3CC3)c(Cl)c2)c2ccc(Cl)c(=O)[nH]2)N1. The lowest BCUT2D eigenvalue weighted by molar-refractivity contribution is -0.119. The van der Waals surface area contributed by atoms with Crippen molar-refractivity contribution < 1.29 is 13.2 Å². The minimum Gasteiger partial charge on any atom is -0.353 e. The summed E-state index contributed by atoms with van der Waals surface area (Å²) in [5.41, 5.74) is 1.00. The van der Waals surface area contributed by atoms with Crippen LogP contribution in [0.2, 0.25) is 10.0 Å². The van der Waals surface area contributed by atoms with E-state index >= 15 is 0 Å². The summed E-state index contributed by atoms with van der Waals surface area (Å²) in [5, 5.41) is 2.85. The van der Waals surface area contributed by atoms with E-state index in [1.807, 2.05) is 0 Å². The van der Waals surface area contributed by atoms with Crippen molar-refractivity contribution in [3.8, 4) is 0 Å². The van der Waals surface area contributed by atoms with Crippen LogP contribution in [-0.2, 0) is 14.6 Å². The largest absolute Gasteiger partial charge is 0.353 e. The fraction of sp³-hybridized carbons (Fsp3) is 0.400. The fourth-order valence-electron chi connectivity index (χ4n) is 3.78. The highest BCUT2D eigenvalue weighted by atomic mass is 35.5. The number of H-pyrrole nitrogens is 1. The number of hydrogen-bond donors (Lipinski definition) is 2. The molecular formula is C20H20Cl2N2O4S. The molecule has 2 atom stereocenters. The molecule has 2 N–H and O–H groups in total. The van der Waals surface area contributed by atoms with Crippen LogP contribution in [0.1, 0.15) is 49.3 Å². The van der Waals surface area contributed by atoms with Gasteiger partial charge in [0.05, 0.1) is 15.2 Å². The Morgan fingerprint density at radius 3 is 2.38 bits per heavy atom. The van der Waals surface area contributed by atoms with Gasteiger partial charge in [-0.1, -0.05) is 29.3 Å². The molecule has 1 unspecified atom stereocenters. The van der Waals surface area contributed by atoms with Crippen LogP contribution in [0.15, 0.2) is 40.0 Å². The number of halogens is 2. The Hall–Kier alpha value is -1.83. The Kier molecular flexibility index (Phi) is 5.48. The molecule has 154 valence electrons. The first kappa shape index (κ1) is 20.4. The summed E-state index contributed by atoms with van der Waals surface area (Å²) in [6.45, 7) is 0. The molecule has 0 spiro atoms. The highest BCUT2D eigenvalue weighted by Gasteiger charge is 2.38. The minimum atomic E-state index is -3.41. The summed E-state index contributed by atoms with van der Waals surface area (Å²) < 4.78 is 25.1. The minimum absolute atomic E-state index is 0.00209. The first-order chi connectivity index (χ1) is 13.8. The molecule has 1 aromatic carbocycles. The Morgan fingerprint density at radius 2 is 1.79 bits per heavy atom. The van der Waals surface area contributed by atoms with E-state index in [1.54, 1.807) is 24.3 Å². The second-order valence-electron chi connectivity index (χ2n) is 7.62. The Bertz CT molecular complexity index is 1130. The number of aromatic amines is 1. The molecule has 1 saturated heterocycles. The molecule has 1 aliphatic carbocycles. The molecule has 2 aromatic rings. The number of amides is 1. The van der Waals surface area contributed by atoms with Crippen molar-refractivity contribution >= 4 is 38.9 Å². The maximum Gasteiger partial charge on any atom is 0.266 e. The molecular weight excluding hydrogens is 435 g/mol. The lowest BCUT2D eigenvalue weighted by Gasteiger charge is -2.22. The highest BCUT2D eigenvalue weighted by Crippen LogP contribution is 2.38. The smallest absolute Gasteiger partial charge is 0.266 e. The van der Waals surface area contributed by atoms with Gasteiger partial charge in [0.15, 0.2) is 9.84 Å². The van der Waals surface area contributed by atoms with Gasteiger partial charge in [-0.25, -0.2) is 8.42 Å². The lowest BCUT2D eigenvalue weighted by atomic mass is 9.88. The highest BCUT2D eigenvalue weighted by molar-refractivity contribution is 7.92. The quantitative estimate of drug-likeness (QED) is 0.698. The number of aromatic nitrogens is 1. The molecule has 2 aliphatic rings. The number of nitrogens with one attached hydrogen (secondary N) is 2. The molecule has 6 nitrogen and oxygen atoms in total. The van der Waals surface area contributed by atoms with Crippen molar-refractivity contribution in [2.24, 2.45) is 0 Å². The molecule has 0 radical (unpaired) electrons. The zero-order valence-electron chi connectivity index (χ0n) is 15.5. The fourth-order valence-corrected chi connectivity index (χ4v) is 6.10. The zero-order chi connectivity index (χ0) is 20.8. The van der Waals surface area contributed by atoms with Crippen LogP contribution in [0, 0.1) is 0 Å². The van der Waals surface area contributed by atoms with E-state index in [-0.39, 0.29) is 38.1 Å². The van der Waals surface area contributed by atoms with Crippen LogP contribution >= 0.6 is 23.2 Å². The van der Waals surface area contributed by atoms with E-state index < -0.39 is 15.4 Å². The Morgan fingerprint density at radius 1 is 1.03 bits per heavy atom. The van der Waals surface area contributed by atoms with Crippen LogP contribution < -0.4 is 10.9 Å². The molecule has 4 rings (SSSR count). The molecule has 2 heterocycles. The van der Waals surface area contributed by atoms with Crippen molar-refractivity contribution in [3.63, 3.8) is 0 Å². The first-order valence-electron chi connectivity index (χ1n) is 9.47. The predicted octanol–water partition coefficient (Wildman–Crippen LogP) is 3.42. The molecule has 9 heteroatoms. The van der Waals surface area contributed by atoms with E-state index in [2.05, 4.69) is 10.3 Å². The third kappa shape index (κ3) is 4.22. The molecule has 1 aromatic heterocycles. The molecule has 0 bridgehead atoms. The normalized spacial score (nSPS) is 20.5. The van der Waals surface area contributed by atoms with Gasteiger partial charge in [0.1, 0.15) is 5.02 Å². The third-order valence-electron chi connectivity index (χ3n) is 5.49. The van der Waals surface area contributed by atoms with Crippen molar-refractivity contribution in [1.82, 2.24) is 10.3 Å². The zero-order valence-corrected chi connectivity index (χ0v) is 17.8. The summed E-state index contributed by atoms with van der Waals surface area (Å²) >= 11 is 12.2. The van der Waals surface area contributed by atoms with Gasteiger partial charge < -0.3 is 10.3 Å². The van der Waals surface area contributed by atoms with Gasteiger partial charge in [0.2, 0.25) is 5.91 Å². The summed E-state index contributed by atoms with van der Waals surface area (Å²) in [5.74, 6) is -0.277. The number of sulfone groups is 1. The van der Waals surface area contributed by atoms with Gasteiger partial charge >= 0.3 is 0 Å². The first-order valence-corrected chi connectivity index (χ1v) is 11.8. The summed E-state index contributed by atoms with van der Waals surface area (Å²) in [4.78, 5) is 26.6. The number of carbonyl (C=O) groups excluding carboxylic acids is 1. The summed E-state index contributed by atoms with van der Waals surface area (Å²) in [7, 11) is -3.41. The van der Waals surface area contributed by atoms with Crippen LogP contribution in [0.25, 0.3) is 0 Å². The number of pyridine rings is 1. The molecule has 2 fully saturated rings. The molecule has 1 aliphatic heterocycles. The maximum absolute atomic E-state index is 12.6. The second kappa shape index (κ2) is 7.78. The Labute approximate surface area is 178 Å².